The quantitative estimate of drug-likeness (QED) is 0.0892. The lowest BCUT2D eigenvalue weighted by Gasteiger charge is -2.28. The molecule has 0 radical (unpaired) electrons. The molecule has 0 atom stereocenters. The van der Waals surface area contributed by atoms with E-state index in [1.165, 1.54) is 35.2 Å². The topological polar surface area (TPSA) is 27.7 Å². The predicted octanol–water partition coefficient (Wildman–Crippen LogP) is 10.9. The first-order valence-electron chi connectivity index (χ1n) is 16.1. The second-order valence-electron chi connectivity index (χ2n) is 11.3. The molecule has 4 heteroatoms. The van der Waals surface area contributed by atoms with Crippen LogP contribution in [0.3, 0.4) is 0 Å². The minimum Gasteiger partial charge on any atom is -0.457 e. The largest absolute Gasteiger partial charge is 0.457 e. The van der Waals surface area contributed by atoms with Crippen LogP contribution in [-0.4, -0.2) is 6.16 Å². The molecule has 0 saturated carbocycles. The molecule has 0 aliphatic heterocycles. The fraction of sp³-hybridized carbons (Fsp3) is 0.143. The molecule has 0 fully saturated rings. The lowest BCUT2D eigenvalue weighted by Crippen LogP contribution is -2.33. The molecule has 0 spiro atoms. The molecule has 46 heavy (non-hydrogen) atoms. The first kappa shape index (κ1) is 31.1. The van der Waals surface area contributed by atoms with Crippen LogP contribution in [0.2, 0.25) is 0 Å². The van der Waals surface area contributed by atoms with E-state index in [9.17, 15) is 0 Å². The minimum absolute atomic E-state index is 0.831. The number of rotatable bonds is 14. The van der Waals surface area contributed by atoms with Crippen molar-refractivity contribution in [2.24, 2.45) is 0 Å². The van der Waals surface area contributed by atoms with Crippen molar-refractivity contribution < 1.29 is 14.2 Å². The molecule has 0 aromatic heterocycles. The van der Waals surface area contributed by atoms with Crippen LogP contribution in [0.4, 0.5) is 0 Å². The summed E-state index contributed by atoms with van der Waals surface area (Å²) in [4.78, 5) is 0. The van der Waals surface area contributed by atoms with Gasteiger partial charge in [0.15, 0.2) is 0 Å². The first-order chi connectivity index (χ1) is 22.7. The highest BCUT2D eigenvalue weighted by Gasteiger charge is 2.45. The van der Waals surface area contributed by atoms with Crippen LogP contribution in [0.25, 0.3) is 0 Å². The Balaban J connectivity index is 1.40. The maximum absolute atomic E-state index is 6.19. The third-order valence-electron chi connectivity index (χ3n) is 8.12. The summed E-state index contributed by atoms with van der Waals surface area (Å²) < 4.78 is 18.6. The van der Waals surface area contributed by atoms with Gasteiger partial charge in [-0.25, -0.2) is 0 Å². The Morgan fingerprint density at radius 3 is 0.957 bits per heavy atom. The lowest BCUT2D eigenvalue weighted by atomic mass is 10.2. The van der Waals surface area contributed by atoms with Gasteiger partial charge in [0.05, 0.1) is 6.16 Å². The van der Waals surface area contributed by atoms with Gasteiger partial charge in [0.25, 0.3) is 0 Å². The van der Waals surface area contributed by atoms with E-state index in [0.29, 0.717) is 0 Å². The van der Waals surface area contributed by atoms with Crippen molar-refractivity contribution >= 4 is 23.2 Å². The number of para-hydroxylation sites is 3. The summed E-state index contributed by atoms with van der Waals surface area (Å²) in [6.07, 6.45) is 5.86. The van der Waals surface area contributed by atoms with Gasteiger partial charge in [-0.15, -0.1) is 0 Å². The Hall–Kier alpha value is -4.85. The third kappa shape index (κ3) is 7.68. The average molecular weight is 624 g/mol. The number of unbranched alkanes of at least 4 members (excludes halogenated alkanes) is 3. The van der Waals surface area contributed by atoms with Gasteiger partial charge in [-0.1, -0.05) is 74.4 Å². The lowest BCUT2D eigenvalue weighted by molar-refractivity contribution is 0.482. The van der Waals surface area contributed by atoms with Gasteiger partial charge in [-0.2, -0.15) is 0 Å². The molecule has 230 valence electrons. The molecule has 0 bridgehead atoms. The van der Waals surface area contributed by atoms with Gasteiger partial charge in [-0.05, 0) is 122 Å². The molecule has 6 rings (SSSR count). The predicted molar refractivity (Wildman–Crippen MR) is 194 cm³/mol. The zero-order valence-corrected chi connectivity index (χ0v) is 27.2. The van der Waals surface area contributed by atoms with E-state index in [1.54, 1.807) is 0 Å². The van der Waals surface area contributed by atoms with E-state index >= 15 is 0 Å². The molecule has 0 amide bonds. The van der Waals surface area contributed by atoms with Crippen molar-refractivity contribution in [2.45, 2.75) is 32.6 Å². The van der Waals surface area contributed by atoms with E-state index in [1.807, 2.05) is 91.0 Å². The van der Waals surface area contributed by atoms with Gasteiger partial charge < -0.3 is 14.2 Å². The summed E-state index contributed by atoms with van der Waals surface area (Å²) in [7, 11) is -2.07. The molecule has 0 unspecified atom stereocenters. The molecule has 0 aliphatic rings. The number of hydrogen-bond acceptors (Lipinski definition) is 3. The van der Waals surface area contributed by atoms with Crippen LogP contribution in [0, 0.1) is 0 Å². The van der Waals surface area contributed by atoms with Crippen molar-refractivity contribution in [1.82, 2.24) is 0 Å². The summed E-state index contributed by atoms with van der Waals surface area (Å²) in [5.41, 5.74) is 0. The van der Waals surface area contributed by atoms with Gasteiger partial charge in [0.1, 0.15) is 57.7 Å². The maximum atomic E-state index is 6.19. The molecule has 0 aliphatic carbocycles. The fourth-order valence-corrected chi connectivity index (χ4v) is 10.1. The Kier molecular flexibility index (Phi) is 10.4. The van der Waals surface area contributed by atoms with Crippen molar-refractivity contribution in [3.8, 4) is 34.5 Å². The Morgan fingerprint density at radius 1 is 0.348 bits per heavy atom. The zero-order valence-electron chi connectivity index (χ0n) is 26.3. The first-order valence-corrected chi connectivity index (χ1v) is 18.1. The molecule has 6 aromatic rings. The summed E-state index contributed by atoms with van der Waals surface area (Å²) in [5, 5.41) is 3.99. The van der Waals surface area contributed by atoms with E-state index < -0.39 is 7.26 Å². The second-order valence-corrected chi connectivity index (χ2v) is 14.9. The van der Waals surface area contributed by atoms with Crippen LogP contribution in [0.5, 0.6) is 34.5 Å². The second kappa shape index (κ2) is 15.4. The third-order valence-corrected chi connectivity index (χ3v) is 12.6. The molecule has 0 heterocycles. The molecular weight excluding hydrogens is 583 g/mol. The highest BCUT2D eigenvalue weighted by atomic mass is 31.2. The maximum Gasteiger partial charge on any atom is 0.127 e. The summed E-state index contributed by atoms with van der Waals surface area (Å²) >= 11 is 0. The summed E-state index contributed by atoms with van der Waals surface area (Å²) in [6, 6.07) is 56.2. The SMILES string of the molecule is CCCCCC[P+](c1ccc(Oc2ccccc2)cc1)(c1ccc(Oc2ccccc2)cc1)c1ccc(Oc2ccccc2)cc1. The number of hydrogen-bond donors (Lipinski definition) is 0. The molecule has 3 nitrogen and oxygen atoms in total. The van der Waals surface area contributed by atoms with Crippen LogP contribution >= 0.6 is 7.26 Å². The van der Waals surface area contributed by atoms with Gasteiger partial charge >= 0.3 is 0 Å². The van der Waals surface area contributed by atoms with E-state index in [4.69, 9.17) is 14.2 Å². The summed E-state index contributed by atoms with van der Waals surface area (Å²) in [6.45, 7) is 2.27. The highest BCUT2D eigenvalue weighted by Crippen LogP contribution is 2.56. The van der Waals surface area contributed by atoms with Gasteiger partial charge in [-0.3, -0.25) is 0 Å². The van der Waals surface area contributed by atoms with Crippen LogP contribution < -0.4 is 30.1 Å². The Bertz CT molecular complexity index is 1550. The number of ether oxygens (including phenoxy) is 3. The molecular formula is C42H40O3P+. The van der Waals surface area contributed by atoms with Crippen LogP contribution in [0.15, 0.2) is 164 Å². The molecule has 0 saturated heterocycles. The fourth-order valence-electron chi connectivity index (χ4n) is 5.79. The van der Waals surface area contributed by atoms with E-state index in [-0.39, 0.29) is 0 Å². The van der Waals surface area contributed by atoms with Crippen LogP contribution in [0.1, 0.15) is 32.6 Å². The number of benzene rings is 6. The van der Waals surface area contributed by atoms with Crippen molar-refractivity contribution in [3.05, 3.63) is 164 Å². The summed E-state index contributed by atoms with van der Waals surface area (Å²) in [5.74, 6) is 4.99. The van der Waals surface area contributed by atoms with Crippen LogP contribution in [-0.2, 0) is 0 Å². The Labute approximate surface area is 273 Å². The van der Waals surface area contributed by atoms with Crippen molar-refractivity contribution in [2.75, 3.05) is 6.16 Å². The van der Waals surface area contributed by atoms with Gasteiger partial charge in [0, 0.05) is 0 Å². The Morgan fingerprint density at radius 2 is 0.652 bits per heavy atom. The molecule has 6 aromatic carbocycles. The van der Waals surface area contributed by atoms with E-state index in [0.717, 1.165) is 47.1 Å². The minimum atomic E-state index is -2.07. The normalized spacial score (nSPS) is 11.2. The smallest absolute Gasteiger partial charge is 0.127 e. The standard InChI is InChI=1S/C42H40O3P/c1-2-3-4-14-33-46(40-27-21-37(22-28-40)43-34-15-8-5-9-16-34,41-29-23-38(24-30-41)44-35-17-10-6-11-18-35)42-31-25-39(26-32-42)45-36-19-12-7-13-20-36/h5-13,15-32H,2-4,14,33H2,1H3/q+1. The molecule has 0 N–H and O–H groups in total. The van der Waals surface area contributed by atoms with Crippen molar-refractivity contribution in [1.29, 1.82) is 0 Å². The zero-order chi connectivity index (χ0) is 31.4. The van der Waals surface area contributed by atoms with E-state index in [2.05, 4.69) is 79.7 Å². The van der Waals surface area contributed by atoms with Gasteiger partial charge in [0.2, 0.25) is 0 Å². The monoisotopic (exact) mass is 623 g/mol. The van der Waals surface area contributed by atoms with Crippen molar-refractivity contribution in [3.63, 3.8) is 0 Å². The average Bonchev–Trinajstić information content (AvgIpc) is 3.11. The highest BCUT2D eigenvalue weighted by molar-refractivity contribution is 7.95.